The fraction of sp³-hybridized carbons (Fsp3) is 0.333. The molecule has 0 spiro atoms. The molecule has 0 unspecified atom stereocenters. The summed E-state index contributed by atoms with van der Waals surface area (Å²) in [6.07, 6.45) is 1.43. The average molecular weight is 235 g/mol. The van der Waals surface area contributed by atoms with Crippen LogP contribution in [0.4, 0.5) is 5.69 Å². The van der Waals surface area contributed by atoms with Gasteiger partial charge in [0.05, 0.1) is 24.5 Å². The topological polar surface area (TPSA) is 64.6 Å². The van der Waals surface area contributed by atoms with Crippen molar-refractivity contribution in [2.75, 3.05) is 18.5 Å². The summed E-state index contributed by atoms with van der Waals surface area (Å²) >= 11 is 0. The third-order valence-electron chi connectivity index (χ3n) is 2.38. The zero-order chi connectivity index (χ0) is 12.3. The van der Waals surface area contributed by atoms with E-state index in [1.807, 2.05) is 0 Å². The van der Waals surface area contributed by atoms with Crippen LogP contribution in [-0.4, -0.2) is 25.4 Å². The van der Waals surface area contributed by atoms with E-state index in [9.17, 15) is 9.59 Å². The Kier molecular flexibility index (Phi) is 3.27. The second-order valence-corrected chi connectivity index (χ2v) is 3.70. The zero-order valence-corrected chi connectivity index (χ0v) is 9.49. The number of ether oxygens (including phenoxy) is 2. The monoisotopic (exact) mass is 235 g/mol. The molecular weight excluding hydrogens is 222 g/mol. The number of carbonyl (C=O) groups is 2. The van der Waals surface area contributed by atoms with Crippen LogP contribution >= 0.6 is 0 Å². The largest absolute Gasteiger partial charge is 0.490 e. The normalized spacial score (nSPS) is 13.7. The summed E-state index contributed by atoms with van der Waals surface area (Å²) in [5.74, 6) is 0.713. The minimum absolute atomic E-state index is 0.234. The third kappa shape index (κ3) is 2.38. The van der Waals surface area contributed by atoms with Crippen LogP contribution < -0.4 is 14.8 Å². The summed E-state index contributed by atoms with van der Waals surface area (Å²) in [5, 5.41) is 2.59. The Morgan fingerprint density at radius 3 is 2.82 bits per heavy atom. The molecule has 0 saturated carbocycles. The Hall–Kier alpha value is -2.04. The van der Waals surface area contributed by atoms with E-state index < -0.39 is 0 Å². The lowest BCUT2D eigenvalue weighted by Gasteiger charge is -2.13. The van der Waals surface area contributed by atoms with Crippen molar-refractivity contribution in [1.82, 2.24) is 0 Å². The Labute approximate surface area is 98.7 Å². The number of carbonyl (C=O) groups excluding carboxylic acids is 2. The molecule has 5 heteroatoms. The molecule has 1 aromatic carbocycles. The first kappa shape index (κ1) is 11.4. The number of hydrogen-bond donors (Lipinski definition) is 1. The highest BCUT2D eigenvalue weighted by atomic mass is 16.5. The molecule has 2 rings (SSSR count). The molecule has 0 atom stereocenters. The summed E-state index contributed by atoms with van der Waals surface area (Å²) in [5.41, 5.74) is 0.761. The summed E-state index contributed by atoms with van der Waals surface area (Å²) in [6, 6.07) is 3.33. The number of aldehydes is 1. The van der Waals surface area contributed by atoms with Gasteiger partial charge in [0, 0.05) is 13.3 Å². The van der Waals surface area contributed by atoms with Gasteiger partial charge in [-0.05, 0) is 12.1 Å². The van der Waals surface area contributed by atoms with Gasteiger partial charge in [-0.3, -0.25) is 9.59 Å². The highest BCUT2D eigenvalue weighted by Crippen LogP contribution is 2.36. The lowest BCUT2D eigenvalue weighted by molar-refractivity contribution is -0.114. The molecule has 1 aromatic rings. The third-order valence-corrected chi connectivity index (χ3v) is 2.38. The molecule has 1 amide bonds. The van der Waals surface area contributed by atoms with Crippen molar-refractivity contribution in [3.63, 3.8) is 0 Å². The van der Waals surface area contributed by atoms with E-state index in [4.69, 9.17) is 9.47 Å². The molecule has 1 aliphatic rings. The van der Waals surface area contributed by atoms with Crippen molar-refractivity contribution in [3.8, 4) is 11.5 Å². The van der Waals surface area contributed by atoms with Crippen molar-refractivity contribution in [3.05, 3.63) is 17.7 Å². The van der Waals surface area contributed by atoms with Gasteiger partial charge in [0.1, 0.15) is 0 Å². The zero-order valence-electron chi connectivity index (χ0n) is 9.49. The van der Waals surface area contributed by atoms with Gasteiger partial charge < -0.3 is 14.8 Å². The van der Waals surface area contributed by atoms with Crippen molar-refractivity contribution >= 4 is 17.9 Å². The van der Waals surface area contributed by atoms with Crippen LogP contribution in [0.3, 0.4) is 0 Å². The van der Waals surface area contributed by atoms with Crippen molar-refractivity contribution in [2.24, 2.45) is 0 Å². The number of anilines is 1. The molecule has 1 heterocycles. The molecule has 0 fully saturated rings. The van der Waals surface area contributed by atoms with Crippen molar-refractivity contribution in [1.29, 1.82) is 0 Å². The fourth-order valence-electron chi connectivity index (χ4n) is 1.67. The van der Waals surface area contributed by atoms with Crippen molar-refractivity contribution in [2.45, 2.75) is 13.3 Å². The van der Waals surface area contributed by atoms with Gasteiger partial charge in [-0.15, -0.1) is 0 Å². The van der Waals surface area contributed by atoms with Crippen LogP contribution in [0.5, 0.6) is 11.5 Å². The number of amides is 1. The first-order valence-corrected chi connectivity index (χ1v) is 5.37. The highest BCUT2D eigenvalue weighted by molar-refractivity contribution is 5.97. The highest BCUT2D eigenvalue weighted by Gasteiger charge is 2.18. The standard InChI is InChI=1S/C12H13NO4/c1-8(15)13-10-3-4-11-12(9(10)7-14)17-6-2-5-16-11/h3-4,7H,2,5-6H2,1H3,(H,13,15). The van der Waals surface area contributed by atoms with Gasteiger partial charge in [0.2, 0.25) is 5.91 Å². The van der Waals surface area contributed by atoms with Gasteiger partial charge in [0.15, 0.2) is 17.8 Å². The van der Waals surface area contributed by atoms with Gasteiger partial charge in [-0.1, -0.05) is 0 Å². The molecule has 0 saturated heterocycles. The minimum Gasteiger partial charge on any atom is -0.490 e. The van der Waals surface area contributed by atoms with E-state index in [0.29, 0.717) is 42.2 Å². The SMILES string of the molecule is CC(=O)Nc1ccc2c(c1C=O)OCCCO2. The maximum absolute atomic E-state index is 11.1. The first-order chi connectivity index (χ1) is 8.22. The summed E-state index contributed by atoms with van der Waals surface area (Å²) in [4.78, 5) is 22.1. The molecular formula is C12H13NO4. The Morgan fingerprint density at radius 1 is 1.35 bits per heavy atom. The molecule has 0 aliphatic carbocycles. The van der Waals surface area contributed by atoms with Gasteiger partial charge in [0.25, 0.3) is 0 Å². The molecule has 1 aliphatic heterocycles. The molecule has 90 valence electrons. The molecule has 0 bridgehead atoms. The molecule has 5 nitrogen and oxygen atoms in total. The van der Waals surface area contributed by atoms with Crippen LogP contribution in [0, 0.1) is 0 Å². The predicted molar refractivity (Wildman–Crippen MR) is 61.7 cm³/mol. The van der Waals surface area contributed by atoms with E-state index in [0.717, 1.165) is 6.42 Å². The van der Waals surface area contributed by atoms with Crippen LogP contribution in [0.25, 0.3) is 0 Å². The van der Waals surface area contributed by atoms with Crippen LogP contribution in [-0.2, 0) is 4.79 Å². The summed E-state index contributed by atoms with van der Waals surface area (Å²) in [7, 11) is 0. The first-order valence-electron chi connectivity index (χ1n) is 5.37. The number of rotatable bonds is 2. The predicted octanol–water partition coefficient (Wildman–Crippen LogP) is 1.62. The smallest absolute Gasteiger partial charge is 0.221 e. The number of benzene rings is 1. The minimum atomic E-state index is -0.234. The van der Waals surface area contributed by atoms with Crippen LogP contribution in [0.15, 0.2) is 12.1 Å². The quantitative estimate of drug-likeness (QED) is 0.791. The van der Waals surface area contributed by atoms with Gasteiger partial charge >= 0.3 is 0 Å². The number of fused-ring (bicyclic) bond motifs is 1. The maximum Gasteiger partial charge on any atom is 0.221 e. The Balaban J connectivity index is 2.46. The van der Waals surface area contributed by atoms with Crippen LogP contribution in [0.2, 0.25) is 0 Å². The van der Waals surface area contributed by atoms with Crippen molar-refractivity contribution < 1.29 is 19.1 Å². The Morgan fingerprint density at radius 2 is 2.12 bits per heavy atom. The van der Waals surface area contributed by atoms with E-state index in [2.05, 4.69) is 5.32 Å². The van der Waals surface area contributed by atoms with E-state index in [1.165, 1.54) is 6.92 Å². The Bertz CT molecular complexity index is 456. The van der Waals surface area contributed by atoms with Gasteiger partial charge in [-0.2, -0.15) is 0 Å². The second kappa shape index (κ2) is 4.86. The molecule has 1 N–H and O–H groups in total. The molecule has 0 radical (unpaired) electrons. The summed E-state index contributed by atoms with van der Waals surface area (Å²) < 4.78 is 10.9. The summed E-state index contributed by atoms with van der Waals surface area (Å²) in [6.45, 7) is 2.44. The van der Waals surface area contributed by atoms with E-state index in [1.54, 1.807) is 12.1 Å². The lowest BCUT2D eigenvalue weighted by Crippen LogP contribution is -2.09. The number of nitrogens with one attached hydrogen (secondary N) is 1. The second-order valence-electron chi connectivity index (χ2n) is 3.70. The molecule has 0 aromatic heterocycles. The number of hydrogen-bond acceptors (Lipinski definition) is 4. The van der Waals surface area contributed by atoms with Gasteiger partial charge in [-0.25, -0.2) is 0 Å². The lowest BCUT2D eigenvalue weighted by atomic mass is 10.1. The fourth-order valence-corrected chi connectivity index (χ4v) is 1.67. The van der Waals surface area contributed by atoms with Crippen LogP contribution in [0.1, 0.15) is 23.7 Å². The maximum atomic E-state index is 11.1. The average Bonchev–Trinajstić information content (AvgIpc) is 2.53. The van der Waals surface area contributed by atoms with E-state index in [-0.39, 0.29) is 5.91 Å². The van der Waals surface area contributed by atoms with E-state index >= 15 is 0 Å². The molecule has 17 heavy (non-hydrogen) atoms.